The normalized spacial score (nSPS) is 16.5. The maximum Gasteiger partial charge on any atom is 0.128 e. The lowest BCUT2D eigenvalue weighted by Crippen LogP contribution is -2.16. The molecule has 0 spiro atoms. The van der Waals surface area contributed by atoms with E-state index < -0.39 is 6.10 Å². The van der Waals surface area contributed by atoms with Crippen LogP contribution in [0.2, 0.25) is 0 Å². The Balaban J connectivity index is 2.14. The van der Waals surface area contributed by atoms with Crippen LogP contribution in [0.15, 0.2) is 18.2 Å². The van der Waals surface area contributed by atoms with Crippen molar-refractivity contribution in [1.82, 2.24) is 0 Å². The SMILES string of the molecule is CC(C)OCC(O)c1cccc2c1OCCC2. The summed E-state index contributed by atoms with van der Waals surface area (Å²) in [5.41, 5.74) is 2.04. The molecule has 0 radical (unpaired) electrons. The summed E-state index contributed by atoms with van der Waals surface area (Å²) in [6.45, 7) is 4.98. The monoisotopic (exact) mass is 236 g/mol. The van der Waals surface area contributed by atoms with E-state index in [0.29, 0.717) is 6.61 Å². The largest absolute Gasteiger partial charge is 0.493 e. The van der Waals surface area contributed by atoms with Gasteiger partial charge in [0.1, 0.15) is 11.9 Å². The summed E-state index contributed by atoms with van der Waals surface area (Å²) in [4.78, 5) is 0. The van der Waals surface area contributed by atoms with Crippen molar-refractivity contribution in [2.45, 2.75) is 38.9 Å². The molecule has 1 unspecified atom stereocenters. The number of aryl methyl sites for hydroxylation is 1. The van der Waals surface area contributed by atoms with Crippen LogP contribution in [0.25, 0.3) is 0 Å². The van der Waals surface area contributed by atoms with Crippen LogP contribution in [0.1, 0.15) is 37.5 Å². The molecule has 0 aromatic heterocycles. The number of ether oxygens (including phenoxy) is 2. The summed E-state index contributed by atoms with van der Waals surface area (Å²) >= 11 is 0. The first-order chi connectivity index (χ1) is 8.18. The van der Waals surface area contributed by atoms with Gasteiger partial charge >= 0.3 is 0 Å². The Kier molecular flexibility index (Phi) is 4.02. The molecule has 1 aliphatic heterocycles. The van der Waals surface area contributed by atoms with E-state index in [-0.39, 0.29) is 6.10 Å². The van der Waals surface area contributed by atoms with Crippen molar-refractivity contribution >= 4 is 0 Å². The lowest BCUT2D eigenvalue weighted by molar-refractivity contribution is 0.00369. The average Bonchev–Trinajstić information content (AvgIpc) is 2.35. The Hall–Kier alpha value is -1.06. The number of aliphatic hydroxyl groups is 1. The lowest BCUT2D eigenvalue weighted by atomic mass is 9.99. The molecule has 0 fully saturated rings. The molecule has 3 heteroatoms. The number of para-hydroxylation sites is 1. The van der Waals surface area contributed by atoms with Crippen LogP contribution < -0.4 is 4.74 Å². The minimum atomic E-state index is -0.606. The van der Waals surface area contributed by atoms with Gasteiger partial charge in [-0.15, -0.1) is 0 Å². The second-order valence-electron chi connectivity index (χ2n) is 4.69. The maximum atomic E-state index is 10.1. The number of hydrogen-bond donors (Lipinski definition) is 1. The van der Waals surface area contributed by atoms with E-state index in [9.17, 15) is 5.11 Å². The van der Waals surface area contributed by atoms with Gasteiger partial charge in [-0.05, 0) is 32.3 Å². The third-order valence-electron chi connectivity index (χ3n) is 2.91. The zero-order valence-electron chi connectivity index (χ0n) is 10.5. The van der Waals surface area contributed by atoms with Crippen molar-refractivity contribution in [1.29, 1.82) is 0 Å². The van der Waals surface area contributed by atoms with Crippen LogP contribution >= 0.6 is 0 Å². The van der Waals surface area contributed by atoms with Gasteiger partial charge in [0.15, 0.2) is 0 Å². The molecular formula is C14H20O3. The van der Waals surface area contributed by atoms with Crippen molar-refractivity contribution in [3.63, 3.8) is 0 Å². The summed E-state index contributed by atoms with van der Waals surface area (Å²) in [6, 6.07) is 5.95. The third-order valence-corrected chi connectivity index (χ3v) is 2.91. The molecule has 0 amide bonds. The molecule has 0 saturated heterocycles. The zero-order valence-corrected chi connectivity index (χ0v) is 10.5. The molecule has 1 N–H and O–H groups in total. The predicted octanol–water partition coefficient (Wildman–Crippen LogP) is 2.47. The summed E-state index contributed by atoms with van der Waals surface area (Å²) in [6.07, 6.45) is 1.60. The first kappa shape index (κ1) is 12.4. The topological polar surface area (TPSA) is 38.7 Å². The Bertz CT molecular complexity index is 374. The van der Waals surface area contributed by atoms with E-state index in [1.807, 2.05) is 26.0 Å². The Labute approximate surface area is 102 Å². The van der Waals surface area contributed by atoms with Crippen LogP contribution in [0.5, 0.6) is 5.75 Å². The molecule has 94 valence electrons. The standard InChI is InChI=1S/C14H20O3/c1-10(2)17-9-13(15)12-7-3-5-11-6-4-8-16-14(11)12/h3,5,7,10,13,15H,4,6,8-9H2,1-2H3. The molecular weight excluding hydrogens is 216 g/mol. The van der Waals surface area contributed by atoms with Gasteiger partial charge < -0.3 is 14.6 Å². The maximum absolute atomic E-state index is 10.1. The number of aliphatic hydroxyl groups excluding tert-OH is 1. The smallest absolute Gasteiger partial charge is 0.128 e. The van der Waals surface area contributed by atoms with Crippen molar-refractivity contribution in [2.75, 3.05) is 13.2 Å². The summed E-state index contributed by atoms with van der Waals surface area (Å²) in [5, 5.41) is 10.1. The molecule has 17 heavy (non-hydrogen) atoms. The molecule has 1 aromatic rings. The van der Waals surface area contributed by atoms with Gasteiger partial charge in [-0.1, -0.05) is 18.2 Å². The summed E-state index contributed by atoms with van der Waals surface area (Å²) < 4.78 is 11.1. The quantitative estimate of drug-likeness (QED) is 0.872. The molecule has 1 aromatic carbocycles. The molecule has 0 aliphatic carbocycles. The fourth-order valence-electron chi connectivity index (χ4n) is 2.05. The second kappa shape index (κ2) is 5.52. The van der Waals surface area contributed by atoms with Gasteiger partial charge in [-0.2, -0.15) is 0 Å². The number of hydrogen-bond acceptors (Lipinski definition) is 3. The van der Waals surface area contributed by atoms with Gasteiger partial charge in [-0.3, -0.25) is 0 Å². The average molecular weight is 236 g/mol. The zero-order chi connectivity index (χ0) is 12.3. The molecule has 1 atom stereocenters. The molecule has 0 bridgehead atoms. The van der Waals surface area contributed by atoms with Crippen LogP contribution in [0.3, 0.4) is 0 Å². The number of fused-ring (bicyclic) bond motifs is 1. The van der Waals surface area contributed by atoms with Crippen molar-refractivity contribution in [3.05, 3.63) is 29.3 Å². The Morgan fingerprint density at radius 1 is 1.41 bits per heavy atom. The Morgan fingerprint density at radius 2 is 2.24 bits per heavy atom. The highest BCUT2D eigenvalue weighted by Gasteiger charge is 2.19. The summed E-state index contributed by atoms with van der Waals surface area (Å²) in [7, 11) is 0. The van der Waals surface area contributed by atoms with Crippen molar-refractivity contribution in [3.8, 4) is 5.75 Å². The van der Waals surface area contributed by atoms with Crippen molar-refractivity contribution < 1.29 is 14.6 Å². The molecule has 0 saturated carbocycles. The van der Waals surface area contributed by atoms with E-state index in [1.165, 1.54) is 5.56 Å². The van der Waals surface area contributed by atoms with Gasteiger partial charge in [-0.25, -0.2) is 0 Å². The Morgan fingerprint density at radius 3 is 3.00 bits per heavy atom. The highest BCUT2D eigenvalue weighted by atomic mass is 16.5. The predicted molar refractivity (Wildman–Crippen MR) is 66.3 cm³/mol. The molecule has 1 aliphatic rings. The van der Waals surface area contributed by atoms with Crippen LogP contribution in [0.4, 0.5) is 0 Å². The van der Waals surface area contributed by atoms with E-state index in [4.69, 9.17) is 9.47 Å². The van der Waals surface area contributed by atoms with Crippen LogP contribution in [0, 0.1) is 0 Å². The lowest BCUT2D eigenvalue weighted by Gasteiger charge is -2.23. The molecule has 3 nitrogen and oxygen atoms in total. The van der Waals surface area contributed by atoms with Crippen LogP contribution in [-0.2, 0) is 11.2 Å². The van der Waals surface area contributed by atoms with E-state index in [0.717, 1.165) is 30.8 Å². The fraction of sp³-hybridized carbons (Fsp3) is 0.571. The molecule has 1 heterocycles. The van der Waals surface area contributed by atoms with Gasteiger partial charge in [0.05, 0.1) is 19.3 Å². The van der Waals surface area contributed by atoms with Crippen molar-refractivity contribution in [2.24, 2.45) is 0 Å². The number of rotatable bonds is 4. The second-order valence-corrected chi connectivity index (χ2v) is 4.69. The molecule has 2 rings (SSSR count). The van der Waals surface area contributed by atoms with Gasteiger partial charge in [0.2, 0.25) is 0 Å². The van der Waals surface area contributed by atoms with E-state index in [1.54, 1.807) is 0 Å². The van der Waals surface area contributed by atoms with Crippen LogP contribution in [-0.4, -0.2) is 24.4 Å². The first-order valence-electron chi connectivity index (χ1n) is 6.22. The highest BCUT2D eigenvalue weighted by molar-refractivity contribution is 5.44. The highest BCUT2D eigenvalue weighted by Crippen LogP contribution is 2.33. The minimum Gasteiger partial charge on any atom is -0.493 e. The number of benzene rings is 1. The first-order valence-corrected chi connectivity index (χ1v) is 6.22. The fourth-order valence-corrected chi connectivity index (χ4v) is 2.05. The van der Waals surface area contributed by atoms with Gasteiger partial charge in [0, 0.05) is 5.56 Å². The van der Waals surface area contributed by atoms with E-state index >= 15 is 0 Å². The minimum absolute atomic E-state index is 0.130. The summed E-state index contributed by atoms with van der Waals surface area (Å²) in [5.74, 6) is 0.860. The van der Waals surface area contributed by atoms with Gasteiger partial charge in [0.25, 0.3) is 0 Å². The third kappa shape index (κ3) is 2.99. The van der Waals surface area contributed by atoms with E-state index in [2.05, 4.69) is 6.07 Å².